The molecule has 0 aromatic carbocycles. The van der Waals surface area contributed by atoms with Crippen molar-refractivity contribution in [2.24, 2.45) is 5.92 Å². The Morgan fingerprint density at radius 3 is 2.70 bits per heavy atom. The molecule has 0 radical (unpaired) electrons. The molecule has 1 N–H and O–H groups in total. The molecule has 4 nitrogen and oxygen atoms in total. The van der Waals surface area contributed by atoms with Crippen molar-refractivity contribution in [3.05, 3.63) is 29.9 Å². The van der Waals surface area contributed by atoms with Crippen molar-refractivity contribution in [2.45, 2.75) is 40.5 Å². The molecule has 0 fully saturated rings. The molecule has 2 aromatic rings. The summed E-state index contributed by atoms with van der Waals surface area (Å²) in [4.78, 5) is 9.27. The van der Waals surface area contributed by atoms with Crippen LogP contribution in [0.4, 0.5) is 5.82 Å². The molecule has 0 aliphatic heterocycles. The Morgan fingerprint density at radius 2 is 2.10 bits per heavy atom. The summed E-state index contributed by atoms with van der Waals surface area (Å²) in [6.07, 6.45) is 3.71. The average molecular weight is 273 g/mol. The first-order chi connectivity index (χ1) is 9.60. The van der Waals surface area contributed by atoms with Crippen LogP contribution in [-0.4, -0.2) is 16.5 Å². The number of nitrogens with one attached hydrogen (secondary N) is 1. The molecule has 20 heavy (non-hydrogen) atoms. The quantitative estimate of drug-likeness (QED) is 0.862. The third kappa shape index (κ3) is 3.59. The lowest BCUT2D eigenvalue weighted by atomic mass is 10.1. The van der Waals surface area contributed by atoms with Gasteiger partial charge in [0.1, 0.15) is 11.6 Å². The van der Waals surface area contributed by atoms with E-state index in [1.807, 2.05) is 13.0 Å². The van der Waals surface area contributed by atoms with Crippen molar-refractivity contribution < 1.29 is 4.42 Å². The SMILES string of the molecule is CCCNc1cc(CC(C)C)nc(-c2ccoc2C)n1. The van der Waals surface area contributed by atoms with Crippen molar-refractivity contribution in [1.29, 1.82) is 0 Å². The number of anilines is 1. The van der Waals surface area contributed by atoms with Crippen LogP contribution in [0.5, 0.6) is 0 Å². The lowest BCUT2D eigenvalue weighted by molar-refractivity contribution is 0.535. The van der Waals surface area contributed by atoms with Crippen LogP contribution >= 0.6 is 0 Å². The van der Waals surface area contributed by atoms with E-state index in [2.05, 4.69) is 42.1 Å². The van der Waals surface area contributed by atoms with E-state index in [4.69, 9.17) is 4.42 Å². The molecule has 0 aliphatic carbocycles. The third-order valence-corrected chi connectivity index (χ3v) is 3.05. The highest BCUT2D eigenvalue weighted by Gasteiger charge is 2.11. The fraction of sp³-hybridized carbons (Fsp3) is 0.500. The molecule has 0 saturated heterocycles. The summed E-state index contributed by atoms with van der Waals surface area (Å²) in [7, 11) is 0. The average Bonchev–Trinajstić information content (AvgIpc) is 2.81. The number of aryl methyl sites for hydroxylation is 1. The zero-order valence-electron chi connectivity index (χ0n) is 12.7. The van der Waals surface area contributed by atoms with E-state index in [9.17, 15) is 0 Å². The second-order valence-electron chi connectivity index (χ2n) is 5.48. The number of nitrogens with zero attached hydrogens (tertiary/aromatic N) is 2. The lowest BCUT2D eigenvalue weighted by Crippen LogP contribution is -2.07. The minimum atomic E-state index is 0.572. The molecule has 0 atom stereocenters. The van der Waals surface area contributed by atoms with Crippen molar-refractivity contribution in [3.8, 4) is 11.4 Å². The van der Waals surface area contributed by atoms with Gasteiger partial charge in [0, 0.05) is 18.3 Å². The topological polar surface area (TPSA) is 51.0 Å². The van der Waals surface area contributed by atoms with E-state index in [0.29, 0.717) is 5.92 Å². The van der Waals surface area contributed by atoms with Crippen LogP contribution in [0.15, 0.2) is 22.8 Å². The molecular weight excluding hydrogens is 250 g/mol. The molecule has 0 saturated carbocycles. The van der Waals surface area contributed by atoms with E-state index in [-0.39, 0.29) is 0 Å². The van der Waals surface area contributed by atoms with Gasteiger partial charge in [0.2, 0.25) is 0 Å². The second kappa shape index (κ2) is 6.55. The maximum absolute atomic E-state index is 5.36. The molecular formula is C16H23N3O. The summed E-state index contributed by atoms with van der Waals surface area (Å²) < 4.78 is 5.36. The van der Waals surface area contributed by atoms with Gasteiger partial charge >= 0.3 is 0 Å². The van der Waals surface area contributed by atoms with Crippen molar-refractivity contribution >= 4 is 5.82 Å². The minimum Gasteiger partial charge on any atom is -0.469 e. The lowest BCUT2D eigenvalue weighted by Gasteiger charge is -2.10. The highest BCUT2D eigenvalue weighted by atomic mass is 16.3. The van der Waals surface area contributed by atoms with E-state index in [1.54, 1.807) is 6.26 Å². The number of furan rings is 1. The highest BCUT2D eigenvalue weighted by Crippen LogP contribution is 2.23. The summed E-state index contributed by atoms with van der Waals surface area (Å²) in [5.74, 6) is 3.07. The Kier molecular flexibility index (Phi) is 4.77. The van der Waals surface area contributed by atoms with Crippen LogP contribution < -0.4 is 5.32 Å². The van der Waals surface area contributed by atoms with Crippen molar-refractivity contribution in [2.75, 3.05) is 11.9 Å². The van der Waals surface area contributed by atoms with Gasteiger partial charge in [-0.2, -0.15) is 0 Å². The van der Waals surface area contributed by atoms with Crippen LogP contribution in [0.3, 0.4) is 0 Å². The highest BCUT2D eigenvalue weighted by molar-refractivity contribution is 5.59. The standard InChI is InChI=1S/C16H23N3O/c1-5-7-17-15-10-13(9-11(2)3)18-16(19-15)14-6-8-20-12(14)4/h6,8,10-11H,5,7,9H2,1-4H3,(H,17,18,19). The smallest absolute Gasteiger partial charge is 0.165 e. The molecule has 0 amide bonds. The second-order valence-corrected chi connectivity index (χ2v) is 5.48. The monoisotopic (exact) mass is 273 g/mol. The van der Waals surface area contributed by atoms with Gasteiger partial charge in [-0.15, -0.1) is 0 Å². The van der Waals surface area contributed by atoms with E-state index >= 15 is 0 Å². The third-order valence-electron chi connectivity index (χ3n) is 3.05. The molecule has 4 heteroatoms. The molecule has 0 unspecified atom stereocenters. The minimum absolute atomic E-state index is 0.572. The predicted molar refractivity (Wildman–Crippen MR) is 81.8 cm³/mol. The van der Waals surface area contributed by atoms with Gasteiger partial charge < -0.3 is 9.73 Å². The number of hydrogen-bond acceptors (Lipinski definition) is 4. The Hall–Kier alpha value is -1.84. The first-order valence-electron chi connectivity index (χ1n) is 7.26. The van der Waals surface area contributed by atoms with Gasteiger partial charge in [-0.3, -0.25) is 0 Å². The largest absolute Gasteiger partial charge is 0.469 e. The molecule has 2 aromatic heterocycles. The Morgan fingerprint density at radius 1 is 1.30 bits per heavy atom. The van der Waals surface area contributed by atoms with Crippen LogP contribution in [0.1, 0.15) is 38.6 Å². The fourth-order valence-electron chi connectivity index (χ4n) is 2.10. The Labute approximate surface area is 120 Å². The van der Waals surface area contributed by atoms with E-state index in [1.165, 1.54) is 0 Å². The Balaban J connectivity index is 2.37. The molecule has 0 bridgehead atoms. The van der Waals surface area contributed by atoms with Crippen LogP contribution in [0.2, 0.25) is 0 Å². The molecule has 2 rings (SSSR count). The van der Waals surface area contributed by atoms with Gasteiger partial charge in [0.15, 0.2) is 5.82 Å². The van der Waals surface area contributed by atoms with Crippen molar-refractivity contribution in [3.63, 3.8) is 0 Å². The number of rotatable bonds is 6. The van der Waals surface area contributed by atoms with Crippen LogP contribution in [-0.2, 0) is 6.42 Å². The summed E-state index contributed by atoms with van der Waals surface area (Å²) in [6, 6.07) is 3.97. The van der Waals surface area contributed by atoms with Gasteiger partial charge in [0.25, 0.3) is 0 Å². The van der Waals surface area contributed by atoms with Gasteiger partial charge in [-0.1, -0.05) is 20.8 Å². The molecule has 108 valence electrons. The van der Waals surface area contributed by atoms with Crippen molar-refractivity contribution in [1.82, 2.24) is 9.97 Å². The van der Waals surface area contributed by atoms with Gasteiger partial charge in [-0.25, -0.2) is 9.97 Å². The fourth-order valence-corrected chi connectivity index (χ4v) is 2.10. The normalized spacial score (nSPS) is 11.1. The maximum atomic E-state index is 5.36. The molecule has 0 spiro atoms. The zero-order valence-corrected chi connectivity index (χ0v) is 12.7. The Bertz CT molecular complexity index is 561. The first kappa shape index (κ1) is 14.6. The van der Waals surface area contributed by atoms with Crippen LogP contribution in [0.25, 0.3) is 11.4 Å². The first-order valence-corrected chi connectivity index (χ1v) is 7.26. The summed E-state index contributed by atoms with van der Waals surface area (Å²) in [5, 5.41) is 3.35. The zero-order chi connectivity index (χ0) is 14.5. The summed E-state index contributed by atoms with van der Waals surface area (Å²) in [5.41, 5.74) is 2.04. The maximum Gasteiger partial charge on any atom is 0.165 e. The summed E-state index contributed by atoms with van der Waals surface area (Å²) >= 11 is 0. The molecule has 2 heterocycles. The van der Waals surface area contributed by atoms with E-state index < -0.39 is 0 Å². The number of hydrogen-bond donors (Lipinski definition) is 1. The van der Waals surface area contributed by atoms with Gasteiger partial charge in [-0.05, 0) is 31.7 Å². The summed E-state index contributed by atoms with van der Waals surface area (Å²) in [6.45, 7) is 9.40. The van der Waals surface area contributed by atoms with Crippen LogP contribution in [0, 0.1) is 12.8 Å². The predicted octanol–water partition coefficient (Wildman–Crippen LogP) is 4.07. The molecule has 0 aliphatic rings. The van der Waals surface area contributed by atoms with Gasteiger partial charge in [0.05, 0.1) is 11.8 Å². The number of aromatic nitrogens is 2. The van der Waals surface area contributed by atoms with E-state index in [0.717, 1.165) is 48.0 Å².